The first-order valence-corrected chi connectivity index (χ1v) is 11.5. The Bertz CT molecular complexity index is 259. The molecule has 0 spiro atoms. The van der Waals surface area contributed by atoms with Crippen LogP contribution < -0.4 is 0 Å². The van der Waals surface area contributed by atoms with Gasteiger partial charge in [-0.05, 0) is 48.0 Å². The summed E-state index contributed by atoms with van der Waals surface area (Å²) in [5.41, 5.74) is 0. The molecule has 118 valence electrons. The van der Waals surface area contributed by atoms with Gasteiger partial charge in [-0.1, -0.05) is 6.04 Å². The van der Waals surface area contributed by atoms with Crippen molar-refractivity contribution >= 4 is 35.1 Å². The van der Waals surface area contributed by atoms with E-state index in [2.05, 4.69) is 12.6 Å². The molecule has 0 aliphatic rings. The van der Waals surface area contributed by atoms with Gasteiger partial charge in [0.15, 0.2) is 5.12 Å². The van der Waals surface area contributed by atoms with Gasteiger partial charge in [0.1, 0.15) is 9.04 Å². The summed E-state index contributed by atoms with van der Waals surface area (Å²) in [7, 11) is -2.21. The van der Waals surface area contributed by atoms with Crippen LogP contribution in [0.3, 0.4) is 0 Å². The van der Waals surface area contributed by atoms with Gasteiger partial charge < -0.3 is 13.3 Å². The fourth-order valence-corrected chi connectivity index (χ4v) is 9.04. The van der Waals surface area contributed by atoms with E-state index in [0.29, 0.717) is 15.5 Å². The van der Waals surface area contributed by atoms with E-state index in [4.69, 9.17) is 13.3 Å². The van der Waals surface area contributed by atoms with Gasteiger partial charge in [-0.25, -0.2) is 0 Å². The fraction of sp³-hybridized carbons (Fsp3) is 0.923. The van der Waals surface area contributed by atoms with Crippen LogP contribution in [-0.4, -0.2) is 40.8 Å². The van der Waals surface area contributed by atoms with E-state index in [1.54, 1.807) is 0 Å². The lowest BCUT2D eigenvalue weighted by atomic mass is 10.4. The number of hydrogen-bond donors (Lipinski definition) is 1. The number of thiol groups is 1. The molecule has 0 heterocycles. The van der Waals surface area contributed by atoms with Crippen molar-refractivity contribution in [2.75, 3.05) is 0 Å². The Morgan fingerprint density at radius 3 is 1.70 bits per heavy atom. The second kappa shape index (κ2) is 10.1. The minimum absolute atomic E-state index is 0.0678. The van der Waals surface area contributed by atoms with Gasteiger partial charge in [-0.2, -0.15) is 0 Å². The summed E-state index contributed by atoms with van der Waals surface area (Å²) >= 11 is 3.79. The Morgan fingerprint density at radius 2 is 1.40 bits per heavy atom. The predicted molar refractivity (Wildman–Crippen MR) is 88.2 cm³/mol. The maximum atomic E-state index is 10.9. The second-order valence-corrected chi connectivity index (χ2v) is 11.5. The zero-order valence-electron chi connectivity index (χ0n) is 13.4. The van der Waals surface area contributed by atoms with Crippen molar-refractivity contribution in [3.63, 3.8) is 0 Å². The van der Waals surface area contributed by atoms with Crippen LogP contribution in [0.2, 0.25) is 6.04 Å². The van der Waals surface area contributed by atoms with Crippen molar-refractivity contribution in [3.05, 3.63) is 0 Å². The van der Waals surface area contributed by atoms with Crippen LogP contribution in [0.15, 0.2) is 0 Å². The Hall–Kier alpha value is 0.334. The standard InChI is InChI=1S/C13H28O4SSi2/c1-10(2)15-20(16-11(3)4,17-12(5)6)19-9-7-8-13(14)18/h10-12H,7-9H2,1-6H3,(H,14,18). The molecule has 0 aromatic rings. The maximum absolute atomic E-state index is 10.9. The minimum atomic E-state index is -2.67. The smallest absolute Gasteiger partial charge is 0.374 e. The van der Waals surface area contributed by atoms with Crippen molar-refractivity contribution in [1.29, 1.82) is 0 Å². The van der Waals surface area contributed by atoms with Crippen molar-refractivity contribution in [1.82, 2.24) is 0 Å². The quantitative estimate of drug-likeness (QED) is 0.358. The third-order valence-corrected chi connectivity index (χ3v) is 8.80. The molecule has 0 N–H and O–H groups in total. The molecule has 0 amide bonds. The van der Waals surface area contributed by atoms with Gasteiger partial charge in [-0.3, -0.25) is 4.79 Å². The molecule has 0 aliphatic carbocycles. The first-order chi connectivity index (χ1) is 9.17. The highest BCUT2D eigenvalue weighted by Crippen LogP contribution is 2.18. The third kappa shape index (κ3) is 10.1. The van der Waals surface area contributed by atoms with Gasteiger partial charge in [0, 0.05) is 24.7 Å². The number of rotatable bonds is 11. The van der Waals surface area contributed by atoms with E-state index < -0.39 is 8.32 Å². The lowest BCUT2D eigenvalue weighted by Crippen LogP contribution is -2.56. The number of carbonyl (C=O) groups is 1. The van der Waals surface area contributed by atoms with Crippen LogP contribution in [-0.2, 0) is 18.1 Å². The molecule has 0 aromatic carbocycles. The van der Waals surface area contributed by atoms with Crippen LogP contribution >= 0.6 is 12.6 Å². The molecular formula is C13H28O4SSi2. The molecule has 20 heavy (non-hydrogen) atoms. The minimum Gasteiger partial charge on any atom is -0.374 e. The van der Waals surface area contributed by atoms with Crippen LogP contribution in [0.5, 0.6) is 0 Å². The van der Waals surface area contributed by atoms with Gasteiger partial charge in [-0.15, -0.1) is 12.6 Å². The molecule has 0 rings (SSSR count). The molecule has 0 bridgehead atoms. The van der Waals surface area contributed by atoms with E-state index in [1.165, 1.54) is 0 Å². The van der Waals surface area contributed by atoms with Crippen molar-refractivity contribution < 1.29 is 18.1 Å². The molecule has 2 radical (unpaired) electrons. The summed E-state index contributed by atoms with van der Waals surface area (Å²) in [6, 6.07) is 0.880. The highest BCUT2D eigenvalue weighted by atomic mass is 32.1. The normalized spacial score (nSPS) is 12.7. The SMILES string of the molecule is CC(C)O[Si](OC(C)C)(OC(C)C)[Si]CCCC(=O)S. The molecule has 4 nitrogen and oxygen atoms in total. The molecule has 0 unspecified atom stereocenters. The van der Waals surface area contributed by atoms with Gasteiger partial charge >= 0.3 is 8.32 Å². The molecule has 0 saturated carbocycles. The van der Waals surface area contributed by atoms with Crippen molar-refractivity contribution in [2.45, 2.75) is 78.7 Å². The average molecular weight is 337 g/mol. The summed E-state index contributed by atoms with van der Waals surface area (Å²) < 4.78 is 18.2. The van der Waals surface area contributed by atoms with E-state index in [0.717, 1.165) is 12.5 Å². The predicted octanol–water partition coefficient (Wildman–Crippen LogP) is 3.06. The summed E-state index contributed by atoms with van der Waals surface area (Å²) in [5.74, 6) is 0. The Kier molecular flexibility index (Phi) is 10.3. The van der Waals surface area contributed by atoms with Crippen LogP contribution in [0.25, 0.3) is 0 Å². The van der Waals surface area contributed by atoms with Gasteiger partial charge in [0.2, 0.25) is 0 Å². The summed E-state index contributed by atoms with van der Waals surface area (Å²) in [5, 5.41) is -0.0681. The highest BCUT2D eigenvalue weighted by Gasteiger charge is 2.43. The lowest BCUT2D eigenvalue weighted by molar-refractivity contribution is -0.110. The summed E-state index contributed by atoms with van der Waals surface area (Å²) in [6.45, 7) is 12.0. The lowest BCUT2D eigenvalue weighted by Gasteiger charge is -2.34. The van der Waals surface area contributed by atoms with E-state index in [-0.39, 0.29) is 23.4 Å². The first-order valence-electron chi connectivity index (χ1n) is 7.17. The zero-order valence-corrected chi connectivity index (χ0v) is 16.3. The summed E-state index contributed by atoms with van der Waals surface area (Å²) in [4.78, 5) is 10.9. The second-order valence-electron chi connectivity index (χ2n) is 5.48. The van der Waals surface area contributed by atoms with E-state index in [1.807, 2.05) is 41.5 Å². The highest BCUT2D eigenvalue weighted by molar-refractivity contribution is 7.96. The average Bonchev–Trinajstić information content (AvgIpc) is 2.20. The summed E-state index contributed by atoms with van der Waals surface area (Å²) in [6.07, 6.45) is 1.50. The number of hydrogen-bond acceptors (Lipinski definition) is 4. The molecule has 7 heteroatoms. The monoisotopic (exact) mass is 336 g/mol. The number of carbonyl (C=O) groups excluding carboxylic acids is 1. The van der Waals surface area contributed by atoms with Crippen molar-refractivity contribution in [2.24, 2.45) is 0 Å². The van der Waals surface area contributed by atoms with Crippen LogP contribution in [0.4, 0.5) is 0 Å². The fourth-order valence-electron chi connectivity index (χ4n) is 1.62. The Balaban J connectivity index is 4.72. The third-order valence-electron chi connectivity index (χ3n) is 2.08. The largest absolute Gasteiger partial charge is 0.464 e. The van der Waals surface area contributed by atoms with Gasteiger partial charge in [0.25, 0.3) is 0 Å². The zero-order chi connectivity index (χ0) is 15.8. The van der Waals surface area contributed by atoms with Crippen LogP contribution in [0.1, 0.15) is 54.4 Å². The molecule has 0 aliphatic heterocycles. The van der Waals surface area contributed by atoms with Crippen LogP contribution in [0, 0.1) is 0 Å². The molecule has 0 saturated heterocycles. The Labute approximate surface area is 132 Å². The van der Waals surface area contributed by atoms with Crippen molar-refractivity contribution in [3.8, 4) is 0 Å². The molecular weight excluding hydrogens is 308 g/mol. The molecule has 0 aromatic heterocycles. The topological polar surface area (TPSA) is 44.8 Å². The molecule has 0 fully saturated rings. The maximum Gasteiger partial charge on any atom is 0.464 e. The molecule has 0 atom stereocenters. The first kappa shape index (κ1) is 20.3. The van der Waals surface area contributed by atoms with E-state index >= 15 is 0 Å². The Morgan fingerprint density at radius 1 is 1.00 bits per heavy atom. The van der Waals surface area contributed by atoms with E-state index in [9.17, 15) is 4.79 Å². The van der Waals surface area contributed by atoms with Gasteiger partial charge in [0.05, 0.1) is 0 Å².